The second-order valence-corrected chi connectivity index (χ2v) is 2.38. The average molecular weight is 212 g/mol. The van der Waals surface area contributed by atoms with Gasteiger partial charge in [0.2, 0.25) is 0 Å². The number of nitro groups is 2. The molecule has 0 bridgehead atoms. The van der Waals surface area contributed by atoms with Crippen LogP contribution in [0, 0.1) is 20.2 Å². The Hall–Kier alpha value is -2.51. The van der Waals surface area contributed by atoms with Crippen molar-refractivity contribution in [3.8, 4) is 5.75 Å². The van der Waals surface area contributed by atoms with Crippen LogP contribution in [0.15, 0.2) is 18.2 Å². The molecule has 0 N–H and O–H groups in total. The number of carbonyl (C=O) groups is 1. The Morgan fingerprint density at radius 3 is 2.20 bits per heavy atom. The van der Waals surface area contributed by atoms with Crippen LogP contribution in [0.4, 0.5) is 11.4 Å². The van der Waals surface area contributed by atoms with Crippen molar-refractivity contribution in [3.63, 3.8) is 0 Å². The Morgan fingerprint density at radius 1 is 1.13 bits per heavy atom. The molecule has 1 aromatic rings. The van der Waals surface area contributed by atoms with Crippen molar-refractivity contribution in [2.24, 2.45) is 0 Å². The summed E-state index contributed by atoms with van der Waals surface area (Å²) in [6.07, 6.45) is 0. The van der Waals surface area contributed by atoms with Crippen LogP contribution in [0.3, 0.4) is 0 Å². The largest absolute Gasteiger partial charge is 0.428 e. The molecule has 1 aromatic carbocycles. The average Bonchev–Trinajstić information content (AvgIpc) is 2.17. The summed E-state index contributed by atoms with van der Waals surface area (Å²) >= 11 is 0. The highest BCUT2D eigenvalue weighted by Gasteiger charge is 2.24. The van der Waals surface area contributed by atoms with Crippen LogP contribution in [0.5, 0.6) is 5.75 Å². The van der Waals surface area contributed by atoms with E-state index >= 15 is 0 Å². The van der Waals surface area contributed by atoms with E-state index in [4.69, 9.17) is 0 Å². The number of nitro benzene ring substituents is 2. The number of rotatable bonds is 4. The van der Waals surface area contributed by atoms with Crippen molar-refractivity contribution in [1.82, 2.24) is 0 Å². The maximum Gasteiger partial charge on any atom is 0.349 e. The van der Waals surface area contributed by atoms with Gasteiger partial charge in [-0.25, -0.2) is 0 Å². The van der Waals surface area contributed by atoms with Gasteiger partial charge in [0.05, 0.1) is 15.9 Å². The van der Waals surface area contributed by atoms with E-state index in [2.05, 4.69) is 4.74 Å². The summed E-state index contributed by atoms with van der Waals surface area (Å²) in [5.41, 5.74) is -1.38. The fourth-order valence-electron chi connectivity index (χ4n) is 0.933. The minimum absolute atomic E-state index is 0.0743. The Morgan fingerprint density at radius 2 is 1.73 bits per heavy atom. The van der Waals surface area contributed by atoms with Gasteiger partial charge < -0.3 is 4.74 Å². The number of carbonyl (C=O) groups excluding carboxylic acids is 1. The number of nitrogens with zero attached hydrogens (tertiary/aromatic N) is 2. The molecule has 0 aliphatic rings. The third-order valence-corrected chi connectivity index (χ3v) is 1.52. The van der Waals surface area contributed by atoms with E-state index < -0.39 is 21.2 Å². The van der Waals surface area contributed by atoms with Crippen LogP contribution >= 0.6 is 0 Å². The molecule has 0 saturated heterocycles. The molecule has 0 unspecified atom stereocenters. The lowest BCUT2D eigenvalue weighted by atomic mass is 10.2. The van der Waals surface area contributed by atoms with E-state index in [1.165, 1.54) is 0 Å². The molecule has 8 heteroatoms. The summed E-state index contributed by atoms with van der Waals surface area (Å²) in [5, 5.41) is 20.8. The zero-order valence-electron chi connectivity index (χ0n) is 7.15. The predicted octanol–water partition coefficient (Wildman–Crippen LogP) is 1.04. The summed E-state index contributed by atoms with van der Waals surface area (Å²) in [6, 6.07) is 2.81. The number of ether oxygens (including phenoxy) is 1. The first kappa shape index (κ1) is 10.6. The van der Waals surface area contributed by atoms with Crippen LogP contribution in [0.1, 0.15) is 0 Å². The van der Waals surface area contributed by atoms with E-state index in [0.717, 1.165) is 18.2 Å². The third kappa shape index (κ3) is 2.24. The molecule has 78 valence electrons. The van der Waals surface area contributed by atoms with E-state index in [-0.39, 0.29) is 12.2 Å². The van der Waals surface area contributed by atoms with Crippen molar-refractivity contribution in [1.29, 1.82) is 0 Å². The fourth-order valence-corrected chi connectivity index (χ4v) is 0.933. The van der Waals surface area contributed by atoms with Crippen molar-refractivity contribution >= 4 is 17.8 Å². The first-order valence-corrected chi connectivity index (χ1v) is 3.59. The van der Waals surface area contributed by atoms with Gasteiger partial charge in [0.1, 0.15) is 5.75 Å². The van der Waals surface area contributed by atoms with Gasteiger partial charge in [0.25, 0.3) is 6.47 Å². The molecular formula is C7H4N2O6. The lowest BCUT2D eigenvalue weighted by molar-refractivity contribution is -0.422. The predicted molar refractivity (Wildman–Crippen MR) is 46.4 cm³/mol. The monoisotopic (exact) mass is 212 g/mol. The molecule has 0 heterocycles. The SMILES string of the molecule is O=COc1ccc([N+](=O)[O-])c([N+](=O)[O-])c1. The first-order valence-electron chi connectivity index (χ1n) is 3.59. The Balaban J connectivity index is 3.26. The number of benzene rings is 1. The first-order chi connectivity index (χ1) is 7.06. The maximum atomic E-state index is 10.4. The van der Waals surface area contributed by atoms with E-state index in [9.17, 15) is 25.0 Å². The minimum Gasteiger partial charge on any atom is -0.428 e. The number of hydrogen-bond acceptors (Lipinski definition) is 6. The van der Waals surface area contributed by atoms with Gasteiger partial charge in [0, 0.05) is 6.07 Å². The van der Waals surface area contributed by atoms with Crippen molar-refractivity contribution in [2.45, 2.75) is 0 Å². The molecule has 0 spiro atoms. The Kier molecular flexibility index (Phi) is 2.91. The quantitative estimate of drug-likeness (QED) is 0.418. The van der Waals surface area contributed by atoms with E-state index in [0.29, 0.717) is 0 Å². The molecule has 1 rings (SSSR count). The Bertz CT molecular complexity index is 429. The van der Waals surface area contributed by atoms with Crippen LogP contribution < -0.4 is 4.74 Å². The lowest BCUT2D eigenvalue weighted by Gasteiger charge is -1.97. The minimum atomic E-state index is -0.921. The van der Waals surface area contributed by atoms with Crippen molar-refractivity contribution in [3.05, 3.63) is 38.4 Å². The molecule has 0 aromatic heterocycles. The van der Waals surface area contributed by atoms with Gasteiger partial charge in [-0.3, -0.25) is 25.0 Å². The highest BCUT2D eigenvalue weighted by Crippen LogP contribution is 2.30. The van der Waals surface area contributed by atoms with Crippen LogP contribution in [0.2, 0.25) is 0 Å². The van der Waals surface area contributed by atoms with Crippen molar-refractivity contribution in [2.75, 3.05) is 0 Å². The lowest BCUT2D eigenvalue weighted by Crippen LogP contribution is -1.97. The fraction of sp³-hybridized carbons (Fsp3) is 0. The van der Waals surface area contributed by atoms with Crippen LogP contribution in [-0.4, -0.2) is 16.3 Å². The Labute approximate surface area is 82.4 Å². The molecule has 0 radical (unpaired) electrons. The van der Waals surface area contributed by atoms with E-state index in [1.54, 1.807) is 0 Å². The van der Waals surface area contributed by atoms with Gasteiger partial charge >= 0.3 is 11.4 Å². The molecule has 0 aliphatic heterocycles. The summed E-state index contributed by atoms with van der Waals surface area (Å²) in [4.78, 5) is 29.0. The standard InChI is InChI=1S/C7H4N2O6/c10-4-15-5-1-2-6(8(11)12)7(3-5)9(13)14/h1-4H. The molecular weight excluding hydrogens is 208 g/mol. The second kappa shape index (κ2) is 4.13. The molecule has 0 aliphatic carbocycles. The van der Waals surface area contributed by atoms with Gasteiger partial charge in [-0.1, -0.05) is 0 Å². The molecule has 0 amide bonds. The molecule has 0 atom stereocenters. The summed E-state index contributed by atoms with van der Waals surface area (Å²) in [5.74, 6) is -0.123. The highest BCUT2D eigenvalue weighted by molar-refractivity contribution is 5.58. The zero-order valence-corrected chi connectivity index (χ0v) is 7.15. The molecule has 0 saturated carbocycles. The zero-order chi connectivity index (χ0) is 11.4. The second-order valence-electron chi connectivity index (χ2n) is 2.38. The maximum absolute atomic E-state index is 10.4. The summed E-state index contributed by atoms with van der Waals surface area (Å²) < 4.78 is 4.32. The summed E-state index contributed by atoms with van der Waals surface area (Å²) in [6.45, 7) is 0.0743. The van der Waals surface area contributed by atoms with Crippen LogP contribution in [-0.2, 0) is 4.79 Å². The topological polar surface area (TPSA) is 113 Å². The normalized spacial score (nSPS) is 9.33. The highest BCUT2D eigenvalue weighted by atomic mass is 16.6. The smallest absolute Gasteiger partial charge is 0.349 e. The molecule has 15 heavy (non-hydrogen) atoms. The van der Waals surface area contributed by atoms with Gasteiger partial charge in [-0.15, -0.1) is 0 Å². The van der Waals surface area contributed by atoms with Crippen molar-refractivity contribution < 1.29 is 19.4 Å². The molecule has 0 fully saturated rings. The van der Waals surface area contributed by atoms with Gasteiger partial charge in [-0.2, -0.15) is 0 Å². The molecule has 8 nitrogen and oxygen atoms in total. The van der Waals surface area contributed by atoms with Gasteiger partial charge in [0.15, 0.2) is 0 Å². The number of hydrogen-bond donors (Lipinski definition) is 0. The van der Waals surface area contributed by atoms with Crippen LogP contribution in [0.25, 0.3) is 0 Å². The third-order valence-electron chi connectivity index (χ3n) is 1.52. The van der Waals surface area contributed by atoms with E-state index in [1.807, 2.05) is 0 Å². The summed E-state index contributed by atoms with van der Waals surface area (Å²) in [7, 11) is 0. The van der Waals surface area contributed by atoms with Gasteiger partial charge in [-0.05, 0) is 6.07 Å².